The molecule has 0 amide bonds. The molecule has 4 nitrogen and oxygen atoms in total. The topological polar surface area (TPSA) is 42.7 Å². The van der Waals surface area contributed by atoms with Crippen molar-refractivity contribution in [2.75, 3.05) is 18.1 Å². The van der Waals surface area contributed by atoms with Crippen LogP contribution >= 0.6 is 11.8 Å². The second-order valence-corrected chi connectivity index (χ2v) is 7.72. The average molecular weight is 316 g/mol. The Morgan fingerprint density at radius 2 is 2.32 bits per heavy atom. The molecule has 0 aliphatic carbocycles. The number of nitrogens with zero attached hydrogens (tertiary/aromatic N) is 3. The number of rotatable bonds is 4. The first-order valence-corrected chi connectivity index (χ1v) is 9.67. The molecule has 4 rings (SSSR count). The molecule has 0 saturated carbocycles. The van der Waals surface area contributed by atoms with Gasteiger partial charge in [-0.15, -0.1) is 0 Å². The van der Waals surface area contributed by atoms with E-state index in [4.69, 9.17) is 4.98 Å². The Balaban J connectivity index is 1.63. The second-order valence-electron chi connectivity index (χ2n) is 6.57. The van der Waals surface area contributed by atoms with E-state index in [1.54, 1.807) is 0 Å². The van der Waals surface area contributed by atoms with Gasteiger partial charge >= 0.3 is 0 Å². The van der Waals surface area contributed by atoms with E-state index in [-0.39, 0.29) is 0 Å². The normalized spacial score (nSPS) is 25.8. The van der Waals surface area contributed by atoms with Crippen LogP contribution in [0.3, 0.4) is 0 Å². The van der Waals surface area contributed by atoms with Gasteiger partial charge in [0.05, 0.1) is 0 Å². The largest absolute Gasteiger partial charge is 0.314 e. The lowest BCUT2D eigenvalue weighted by Crippen LogP contribution is -2.26. The summed E-state index contributed by atoms with van der Waals surface area (Å²) in [5.41, 5.74) is 2.13. The van der Waals surface area contributed by atoms with Gasteiger partial charge in [0.2, 0.25) is 0 Å². The van der Waals surface area contributed by atoms with Crippen LogP contribution in [0.4, 0.5) is 0 Å². The van der Waals surface area contributed by atoms with Crippen LogP contribution in [0.25, 0.3) is 11.2 Å². The van der Waals surface area contributed by atoms with Crippen LogP contribution in [0.1, 0.15) is 31.5 Å². The van der Waals surface area contributed by atoms with E-state index < -0.39 is 0 Å². The van der Waals surface area contributed by atoms with Crippen LogP contribution in [-0.4, -0.2) is 38.6 Å². The number of hydrogen-bond acceptors (Lipinski definition) is 4. The van der Waals surface area contributed by atoms with Gasteiger partial charge in [-0.2, -0.15) is 11.8 Å². The summed E-state index contributed by atoms with van der Waals surface area (Å²) in [5, 5.41) is 3.60. The van der Waals surface area contributed by atoms with Crippen LogP contribution in [0.15, 0.2) is 18.3 Å². The van der Waals surface area contributed by atoms with Crippen molar-refractivity contribution in [3.05, 3.63) is 24.2 Å². The van der Waals surface area contributed by atoms with Gasteiger partial charge in [-0.05, 0) is 61.8 Å². The van der Waals surface area contributed by atoms with Gasteiger partial charge in [-0.3, -0.25) is 0 Å². The maximum atomic E-state index is 4.90. The van der Waals surface area contributed by atoms with Crippen molar-refractivity contribution in [3.63, 3.8) is 0 Å². The fraction of sp³-hybridized carbons (Fsp3) is 0.647. The molecule has 2 atom stereocenters. The Morgan fingerprint density at radius 3 is 3.14 bits per heavy atom. The third kappa shape index (κ3) is 3.01. The van der Waals surface area contributed by atoms with Gasteiger partial charge < -0.3 is 9.88 Å². The first-order chi connectivity index (χ1) is 10.9. The molecule has 1 N–H and O–H groups in total. The fourth-order valence-corrected chi connectivity index (χ4v) is 4.86. The SMILES string of the molecule is c1cnc2c(c1)nc(CC1CCCN1)n2CC1CCCSC1. The molecule has 2 aromatic heterocycles. The minimum absolute atomic E-state index is 0.594. The van der Waals surface area contributed by atoms with Crippen LogP contribution < -0.4 is 5.32 Å². The lowest BCUT2D eigenvalue weighted by atomic mass is 10.1. The molecule has 22 heavy (non-hydrogen) atoms. The van der Waals surface area contributed by atoms with Gasteiger partial charge in [0.1, 0.15) is 11.3 Å². The van der Waals surface area contributed by atoms with Crippen LogP contribution in [0.5, 0.6) is 0 Å². The van der Waals surface area contributed by atoms with Gasteiger partial charge in [0.15, 0.2) is 5.65 Å². The molecule has 118 valence electrons. The molecule has 2 aliphatic heterocycles. The van der Waals surface area contributed by atoms with Gasteiger partial charge in [0, 0.05) is 25.2 Å². The minimum Gasteiger partial charge on any atom is -0.314 e. The quantitative estimate of drug-likeness (QED) is 0.942. The van der Waals surface area contributed by atoms with Gasteiger partial charge in [0.25, 0.3) is 0 Å². The van der Waals surface area contributed by atoms with Crippen molar-refractivity contribution in [2.45, 2.75) is 44.7 Å². The number of aromatic nitrogens is 3. The molecule has 2 aromatic rings. The highest BCUT2D eigenvalue weighted by molar-refractivity contribution is 7.99. The van der Waals surface area contributed by atoms with Gasteiger partial charge in [-0.25, -0.2) is 9.97 Å². The highest BCUT2D eigenvalue weighted by atomic mass is 32.2. The summed E-state index contributed by atoms with van der Waals surface area (Å²) < 4.78 is 2.41. The minimum atomic E-state index is 0.594. The summed E-state index contributed by atoms with van der Waals surface area (Å²) in [5.74, 6) is 4.61. The van der Waals surface area contributed by atoms with Crippen molar-refractivity contribution in [1.82, 2.24) is 19.9 Å². The summed E-state index contributed by atoms with van der Waals surface area (Å²) >= 11 is 2.10. The highest BCUT2D eigenvalue weighted by Gasteiger charge is 2.22. The van der Waals surface area contributed by atoms with E-state index in [1.165, 1.54) is 43.0 Å². The molecular formula is C17H24N4S. The third-order valence-electron chi connectivity index (χ3n) is 4.87. The molecule has 5 heteroatoms. The van der Waals surface area contributed by atoms with Crippen LogP contribution in [0, 0.1) is 5.92 Å². The molecule has 0 spiro atoms. The zero-order chi connectivity index (χ0) is 14.8. The zero-order valence-corrected chi connectivity index (χ0v) is 13.8. The van der Waals surface area contributed by atoms with E-state index >= 15 is 0 Å². The Morgan fingerprint density at radius 1 is 1.32 bits per heavy atom. The Kier molecular flexibility index (Phi) is 4.35. The Hall–Kier alpha value is -1.07. The molecular weight excluding hydrogens is 292 g/mol. The van der Waals surface area contributed by atoms with Crippen molar-refractivity contribution in [1.29, 1.82) is 0 Å². The monoisotopic (exact) mass is 316 g/mol. The summed E-state index contributed by atoms with van der Waals surface area (Å²) in [7, 11) is 0. The van der Waals surface area contributed by atoms with Crippen molar-refractivity contribution in [2.24, 2.45) is 5.92 Å². The van der Waals surface area contributed by atoms with Crippen molar-refractivity contribution < 1.29 is 0 Å². The average Bonchev–Trinajstić information content (AvgIpc) is 3.18. The summed E-state index contributed by atoms with van der Waals surface area (Å²) in [6.45, 7) is 2.24. The molecule has 0 radical (unpaired) electrons. The van der Waals surface area contributed by atoms with Crippen LogP contribution in [0.2, 0.25) is 0 Å². The van der Waals surface area contributed by atoms with Crippen LogP contribution in [-0.2, 0) is 13.0 Å². The van der Waals surface area contributed by atoms with E-state index in [2.05, 4.69) is 32.7 Å². The van der Waals surface area contributed by atoms with E-state index in [0.717, 1.165) is 36.6 Å². The maximum absolute atomic E-state index is 4.90. The predicted octanol–water partition coefficient (Wildman–Crippen LogP) is 2.87. The maximum Gasteiger partial charge on any atom is 0.159 e. The molecule has 0 aromatic carbocycles. The third-order valence-corrected chi connectivity index (χ3v) is 6.15. The number of nitrogens with one attached hydrogen (secondary N) is 1. The fourth-order valence-electron chi connectivity index (χ4n) is 3.71. The molecule has 2 aliphatic rings. The number of pyridine rings is 1. The van der Waals surface area contributed by atoms with Crippen molar-refractivity contribution in [3.8, 4) is 0 Å². The van der Waals surface area contributed by atoms with E-state index in [1.807, 2.05) is 12.3 Å². The lowest BCUT2D eigenvalue weighted by Gasteiger charge is -2.23. The second kappa shape index (κ2) is 6.59. The summed E-state index contributed by atoms with van der Waals surface area (Å²) in [4.78, 5) is 9.51. The van der Waals surface area contributed by atoms with E-state index in [9.17, 15) is 0 Å². The summed E-state index contributed by atoms with van der Waals surface area (Å²) in [6.07, 6.45) is 8.21. The van der Waals surface area contributed by atoms with Crippen molar-refractivity contribution >= 4 is 22.9 Å². The number of thioether (sulfide) groups is 1. The van der Waals surface area contributed by atoms with E-state index in [0.29, 0.717) is 6.04 Å². The number of imidazole rings is 1. The Bertz CT molecular complexity index is 627. The number of hydrogen-bond donors (Lipinski definition) is 1. The smallest absolute Gasteiger partial charge is 0.159 e. The first kappa shape index (κ1) is 14.5. The molecule has 2 unspecified atom stereocenters. The Labute approximate surface area is 136 Å². The highest BCUT2D eigenvalue weighted by Crippen LogP contribution is 2.26. The molecule has 0 bridgehead atoms. The predicted molar refractivity (Wildman–Crippen MR) is 92.3 cm³/mol. The number of fused-ring (bicyclic) bond motifs is 1. The molecule has 4 heterocycles. The molecule has 2 fully saturated rings. The molecule has 2 saturated heterocycles. The lowest BCUT2D eigenvalue weighted by molar-refractivity contribution is 0.436. The van der Waals surface area contributed by atoms with Gasteiger partial charge in [-0.1, -0.05) is 0 Å². The standard InChI is InChI=1S/C17H24N4S/c1-5-14(18-7-1)10-16-20-15-6-2-8-19-17(15)21(16)11-13-4-3-9-22-12-13/h2,6,8,13-14,18H,1,3-5,7,9-12H2. The summed E-state index contributed by atoms with van der Waals surface area (Å²) in [6, 6.07) is 4.68. The first-order valence-electron chi connectivity index (χ1n) is 8.51. The zero-order valence-electron chi connectivity index (χ0n) is 13.0.